The molecular formula is C24H26N2O2. The first-order valence-electron chi connectivity index (χ1n) is 9.56. The molecule has 4 nitrogen and oxygen atoms in total. The Kier molecular flexibility index (Phi) is 4.50. The highest BCUT2D eigenvalue weighted by atomic mass is 16.7. The van der Waals surface area contributed by atoms with Crippen molar-refractivity contribution < 1.29 is 9.47 Å². The predicted octanol–water partition coefficient (Wildman–Crippen LogP) is 5.87. The van der Waals surface area contributed by atoms with Gasteiger partial charge in [-0.05, 0) is 55.2 Å². The molecule has 0 saturated carbocycles. The molecule has 0 bridgehead atoms. The van der Waals surface area contributed by atoms with Gasteiger partial charge >= 0.3 is 0 Å². The SMILES string of the molecule is Cc1cc(C=Nc2ccc3c(c2)OCO3)c(C)n1-c1ccc(C(C)(C)C)cc1. The number of hydrogen-bond donors (Lipinski definition) is 0. The van der Waals surface area contributed by atoms with E-state index in [1.807, 2.05) is 24.4 Å². The molecule has 1 aliphatic rings. The zero-order chi connectivity index (χ0) is 19.9. The molecule has 0 radical (unpaired) electrons. The first-order chi connectivity index (χ1) is 13.3. The number of benzene rings is 2. The van der Waals surface area contributed by atoms with Crippen LogP contribution >= 0.6 is 0 Å². The van der Waals surface area contributed by atoms with Gasteiger partial charge in [-0.2, -0.15) is 0 Å². The van der Waals surface area contributed by atoms with Crippen molar-refractivity contribution in [1.29, 1.82) is 0 Å². The molecule has 0 spiro atoms. The van der Waals surface area contributed by atoms with E-state index in [-0.39, 0.29) is 12.2 Å². The van der Waals surface area contributed by atoms with Crippen LogP contribution in [0.2, 0.25) is 0 Å². The molecule has 2 aromatic carbocycles. The first-order valence-corrected chi connectivity index (χ1v) is 9.56. The third-order valence-corrected chi connectivity index (χ3v) is 5.17. The van der Waals surface area contributed by atoms with Crippen LogP contribution in [-0.2, 0) is 5.41 Å². The Bertz CT molecular complexity index is 1040. The van der Waals surface area contributed by atoms with E-state index in [4.69, 9.17) is 9.47 Å². The molecule has 0 N–H and O–H groups in total. The van der Waals surface area contributed by atoms with Crippen molar-refractivity contribution >= 4 is 11.9 Å². The van der Waals surface area contributed by atoms with Gasteiger partial charge in [0.05, 0.1) is 5.69 Å². The van der Waals surface area contributed by atoms with Crippen molar-refractivity contribution in [1.82, 2.24) is 4.57 Å². The molecule has 0 atom stereocenters. The van der Waals surface area contributed by atoms with Crippen LogP contribution in [0.25, 0.3) is 5.69 Å². The lowest BCUT2D eigenvalue weighted by atomic mass is 9.87. The molecule has 0 saturated heterocycles. The van der Waals surface area contributed by atoms with E-state index < -0.39 is 0 Å². The molecule has 3 aromatic rings. The van der Waals surface area contributed by atoms with E-state index in [1.165, 1.54) is 22.6 Å². The fraction of sp³-hybridized carbons (Fsp3) is 0.292. The van der Waals surface area contributed by atoms with Crippen LogP contribution in [0.5, 0.6) is 11.5 Å². The summed E-state index contributed by atoms with van der Waals surface area (Å²) in [5, 5.41) is 0. The molecule has 2 heterocycles. The Morgan fingerprint density at radius 3 is 2.36 bits per heavy atom. The minimum Gasteiger partial charge on any atom is -0.454 e. The average Bonchev–Trinajstić information content (AvgIpc) is 3.23. The van der Waals surface area contributed by atoms with E-state index in [2.05, 4.69) is 74.5 Å². The maximum Gasteiger partial charge on any atom is 0.231 e. The van der Waals surface area contributed by atoms with Crippen molar-refractivity contribution in [2.24, 2.45) is 4.99 Å². The van der Waals surface area contributed by atoms with Crippen LogP contribution in [0, 0.1) is 13.8 Å². The molecule has 4 rings (SSSR count). The minimum absolute atomic E-state index is 0.155. The van der Waals surface area contributed by atoms with Crippen LogP contribution in [0.4, 0.5) is 5.69 Å². The Hall–Kier alpha value is -3.01. The van der Waals surface area contributed by atoms with Gasteiger partial charge in [0.1, 0.15) is 0 Å². The van der Waals surface area contributed by atoms with Gasteiger partial charge in [0.2, 0.25) is 6.79 Å². The number of rotatable bonds is 3. The fourth-order valence-corrected chi connectivity index (χ4v) is 3.54. The summed E-state index contributed by atoms with van der Waals surface area (Å²) in [6.07, 6.45) is 1.92. The van der Waals surface area contributed by atoms with E-state index >= 15 is 0 Å². The summed E-state index contributed by atoms with van der Waals surface area (Å²) < 4.78 is 13.1. The fourth-order valence-electron chi connectivity index (χ4n) is 3.54. The Morgan fingerprint density at radius 1 is 0.929 bits per heavy atom. The molecule has 28 heavy (non-hydrogen) atoms. The molecular weight excluding hydrogens is 348 g/mol. The number of aliphatic imine (C=N–C) groups is 1. The smallest absolute Gasteiger partial charge is 0.231 e. The summed E-state index contributed by atoms with van der Waals surface area (Å²) in [5.41, 5.74) is 6.98. The molecule has 1 aliphatic heterocycles. The van der Waals surface area contributed by atoms with E-state index in [0.29, 0.717) is 0 Å². The highest BCUT2D eigenvalue weighted by molar-refractivity contribution is 5.84. The summed E-state index contributed by atoms with van der Waals surface area (Å²) in [4.78, 5) is 4.64. The maximum atomic E-state index is 5.43. The lowest BCUT2D eigenvalue weighted by Gasteiger charge is -2.20. The number of hydrogen-bond acceptors (Lipinski definition) is 3. The first kappa shape index (κ1) is 18.4. The van der Waals surface area contributed by atoms with E-state index in [9.17, 15) is 0 Å². The molecule has 4 heteroatoms. The quantitative estimate of drug-likeness (QED) is 0.537. The van der Waals surface area contributed by atoms with Gasteiger partial charge in [-0.1, -0.05) is 32.9 Å². The molecule has 0 unspecified atom stereocenters. The van der Waals surface area contributed by atoms with Crippen LogP contribution in [0.1, 0.15) is 43.3 Å². The van der Waals surface area contributed by atoms with Crippen molar-refractivity contribution in [3.63, 3.8) is 0 Å². The average molecular weight is 374 g/mol. The van der Waals surface area contributed by atoms with Gasteiger partial charge in [-0.25, -0.2) is 0 Å². The number of aryl methyl sites for hydroxylation is 1. The van der Waals surface area contributed by atoms with Crippen LogP contribution < -0.4 is 9.47 Å². The maximum absolute atomic E-state index is 5.43. The number of fused-ring (bicyclic) bond motifs is 1. The second-order valence-electron chi connectivity index (χ2n) is 8.25. The molecule has 1 aromatic heterocycles. The zero-order valence-electron chi connectivity index (χ0n) is 17.1. The van der Waals surface area contributed by atoms with Crippen LogP contribution in [0.15, 0.2) is 53.5 Å². The second kappa shape index (κ2) is 6.86. The molecule has 144 valence electrons. The van der Waals surface area contributed by atoms with E-state index in [0.717, 1.165) is 22.7 Å². The summed E-state index contributed by atoms with van der Waals surface area (Å²) in [6.45, 7) is 11.2. The van der Waals surface area contributed by atoms with Crippen molar-refractivity contribution in [2.75, 3.05) is 6.79 Å². The summed E-state index contributed by atoms with van der Waals surface area (Å²) in [5.74, 6) is 1.52. The lowest BCUT2D eigenvalue weighted by molar-refractivity contribution is 0.174. The Balaban J connectivity index is 1.62. The van der Waals surface area contributed by atoms with Gasteiger partial charge in [0.15, 0.2) is 11.5 Å². The minimum atomic E-state index is 0.155. The van der Waals surface area contributed by atoms with Crippen LogP contribution in [-0.4, -0.2) is 17.6 Å². The molecule has 0 aliphatic carbocycles. The summed E-state index contributed by atoms with van der Waals surface area (Å²) in [6, 6.07) is 16.7. The highest BCUT2D eigenvalue weighted by Crippen LogP contribution is 2.35. The summed E-state index contributed by atoms with van der Waals surface area (Å²) >= 11 is 0. The third kappa shape index (κ3) is 3.42. The normalized spacial score (nSPS) is 13.5. The van der Waals surface area contributed by atoms with Gasteiger partial charge < -0.3 is 14.0 Å². The van der Waals surface area contributed by atoms with Gasteiger partial charge in [-0.3, -0.25) is 4.99 Å². The number of aromatic nitrogens is 1. The van der Waals surface area contributed by atoms with Crippen molar-refractivity contribution in [3.05, 3.63) is 71.0 Å². The van der Waals surface area contributed by atoms with Gasteiger partial charge in [0.25, 0.3) is 0 Å². The standard InChI is InChI=1S/C24H26N2O2/c1-16-12-18(14-25-20-8-11-22-23(13-20)28-15-27-22)17(2)26(16)21-9-6-19(7-10-21)24(3,4)5/h6-14H,15H2,1-5H3. The van der Waals surface area contributed by atoms with Crippen molar-refractivity contribution in [3.8, 4) is 17.2 Å². The topological polar surface area (TPSA) is 35.8 Å². The monoisotopic (exact) mass is 374 g/mol. The third-order valence-electron chi connectivity index (χ3n) is 5.17. The summed E-state index contributed by atoms with van der Waals surface area (Å²) in [7, 11) is 0. The zero-order valence-corrected chi connectivity index (χ0v) is 17.1. The van der Waals surface area contributed by atoms with Gasteiger partial charge in [0, 0.05) is 34.9 Å². The second-order valence-corrected chi connectivity index (χ2v) is 8.25. The lowest BCUT2D eigenvalue weighted by Crippen LogP contribution is -2.11. The van der Waals surface area contributed by atoms with E-state index in [1.54, 1.807) is 0 Å². The van der Waals surface area contributed by atoms with Crippen LogP contribution in [0.3, 0.4) is 0 Å². The number of nitrogens with zero attached hydrogens (tertiary/aromatic N) is 2. The van der Waals surface area contributed by atoms with Gasteiger partial charge in [-0.15, -0.1) is 0 Å². The predicted molar refractivity (Wildman–Crippen MR) is 114 cm³/mol. The largest absolute Gasteiger partial charge is 0.454 e. The number of ether oxygens (including phenoxy) is 2. The Labute approximate surface area is 166 Å². The Morgan fingerprint density at radius 2 is 1.64 bits per heavy atom. The molecule has 0 fully saturated rings. The molecule has 0 amide bonds. The van der Waals surface area contributed by atoms with Crippen molar-refractivity contribution in [2.45, 2.75) is 40.0 Å². The highest BCUT2D eigenvalue weighted by Gasteiger charge is 2.15.